The number of aliphatic hydroxyl groups is 2. The Labute approximate surface area is 128 Å². The number of hydrogen-bond donors (Lipinski definition) is 3. The molecule has 4 atom stereocenters. The smallest absolute Gasteiger partial charge is 0.217 e. The van der Waals surface area contributed by atoms with Gasteiger partial charge in [-0.1, -0.05) is 0 Å². The topological polar surface area (TPSA) is 225 Å². The van der Waals surface area contributed by atoms with Crippen LogP contribution in [0.2, 0.25) is 0 Å². The van der Waals surface area contributed by atoms with E-state index < -0.39 is 69.9 Å². The summed E-state index contributed by atoms with van der Waals surface area (Å²) in [5.41, 5.74) is 0. The molecule has 0 spiro atoms. The molecule has 0 aromatic rings. The van der Waals surface area contributed by atoms with E-state index >= 15 is 0 Å². The van der Waals surface area contributed by atoms with Crippen LogP contribution in [0.3, 0.4) is 0 Å². The molecule has 0 aromatic carbocycles. The van der Waals surface area contributed by atoms with E-state index in [2.05, 4.69) is 8.37 Å². The van der Waals surface area contributed by atoms with Crippen LogP contribution in [0.15, 0.2) is 0 Å². The highest BCUT2D eigenvalue weighted by Crippen LogP contribution is 2.11. The fourth-order valence-electron chi connectivity index (χ4n) is 1.29. The Bertz CT molecular complexity index is 557. The lowest BCUT2D eigenvalue weighted by Gasteiger charge is -2.29. The predicted molar refractivity (Wildman–Crippen MR) is 63.8 cm³/mol. The molecule has 0 aliphatic carbocycles. The highest BCUT2D eigenvalue weighted by atomic mass is 32.3. The van der Waals surface area contributed by atoms with Crippen LogP contribution in [0, 0.1) is 0 Å². The molecule has 0 rings (SSSR count). The second-order valence-corrected chi connectivity index (χ2v) is 6.58. The summed E-state index contributed by atoms with van der Waals surface area (Å²) in [5.74, 6) is 0. The van der Waals surface area contributed by atoms with Crippen molar-refractivity contribution < 1.29 is 53.3 Å². The van der Waals surface area contributed by atoms with Gasteiger partial charge in [-0.2, -0.15) is 0 Å². The first-order chi connectivity index (χ1) is 9.84. The van der Waals surface area contributed by atoms with Crippen LogP contribution in [-0.4, -0.2) is 76.4 Å². The Morgan fingerprint density at radius 1 is 1.23 bits per heavy atom. The van der Waals surface area contributed by atoms with E-state index in [-0.39, 0.29) is 0 Å². The zero-order chi connectivity index (χ0) is 17.6. The number of nitrogens with one attached hydrogen (secondary N) is 1. The fourth-order valence-corrected chi connectivity index (χ4v) is 2.62. The van der Waals surface area contributed by atoms with Crippen molar-refractivity contribution in [3.8, 4) is 0 Å². The van der Waals surface area contributed by atoms with Crippen molar-refractivity contribution in [3.63, 3.8) is 0 Å². The molecule has 0 fully saturated rings. The molecule has 16 heteroatoms. The van der Waals surface area contributed by atoms with E-state index in [1.807, 2.05) is 0 Å². The van der Waals surface area contributed by atoms with Crippen molar-refractivity contribution in [1.82, 2.24) is 4.72 Å². The molecule has 0 heterocycles. The molecule has 22 heavy (non-hydrogen) atoms. The van der Waals surface area contributed by atoms with E-state index in [9.17, 15) is 39.8 Å². The van der Waals surface area contributed by atoms with Crippen molar-refractivity contribution >= 4 is 32.1 Å². The normalized spacial score (nSPS) is 18.6. The van der Waals surface area contributed by atoms with Crippen LogP contribution in [0.5, 0.6) is 0 Å². The standard InChI is InChI=1S/C6H15NO12S3/c8-2-5(7-21(12,13)14)6(19-20(10)11)1-4(9)3-18-22(15,16)17/h4-9H,1-3H2,(H,10,11)(H,12,13,14)(H,15,16,17)/p-3/t4?,5-,6?/m1/s1. The quantitative estimate of drug-likeness (QED) is 0.174. The highest BCUT2D eigenvalue weighted by Gasteiger charge is 2.27. The van der Waals surface area contributed by atoms with Gasteiger partial charge in [-0.25, -0.2) is 25.8 Å². The van der Waals surface area contributed by atoms with Gasteiger partial charge >= 0.3 is 0 Å². The molecule has 0 saturated carbocycles. The summed E-state index contributed by atoms with van der Waals surface area (Å²) in [6.45, 7) is -2.14. The molecular weight excluding hydrogens is 374 g/mol. The zero-order valence-corrected chi connectivity index (χ0v) is 13.0. The Kier molecular flexibility index (Phi) is 9.02. The number of hydrogen-bond acceptors (Lipinski definition) is 12. The Hall–Kier alpha value is -0.270. The summed E-state index contributed by atoms with van der Waals surface area (Å²) in [6, 6.07) is -1.75. The van der Waals surface area contributed by atoms with Gasteiger partial charge in [-0.05, 0) is 0 Å². The largest absolute Gasteiger partial charge is 0.750 e. The van der Waals surface area contributed by atoms with Crippen LogP contribution >= 0.6 is 0 Å². The third-order valence-corrected chi connectivity index (χ3v) is 3.47. The van der Waals surface area contributed by atoms with Crippen LogP contribution in [-0.2, 0) is 40.4 Å². The Morgan fingerprint density at radius 3 is 2.14 bits per heavy atom. The van der Waals surface area contributed by atoms with Crippen molar-refractivity contribution in [1.29, 1.82) is 0 Å². The molecule has 0 saturated heterocycles. The summed E-state index contributed by atoms with van der Waals surface area (Å²) in [6.07, 6.45) is -4.32. The number of aliphatic hydroxyl groups excluding tert-OH is 2. The first kappa shape index (κ1) is 21.7. The van der Waals surface area contributed by atoms with Crippen LogP contribution in [0.4, 0.5) is 0 Å². The van der Waals surface area contributed by atoms with Crippen molar-refractivity contribution in [2.75, 3.05) is 13.2 Å². The lowest BCUT2D eigenvalue weighted by atomic mass is 10.1. The van der Waals surface area contributed by atoms with Gasteiger partial charge in [0.1, 0.15) is 0 Å². The van der Waals surface area contributed by atoms with Gasteiger partial charge < -0.3 is 23.9 Å². The maximum absolute atomic E-state index is 10.5. The summed E-state index contributed by atoms with van der Waals surface area (Å²) in [5, 5.41) is 18.3. The minimum Gasteiger partial charge on any atom is -0.750 e. The second-order valence-electron chi connectivity index (χ2n) is 3.78. The SMILES string of the molecule is O=S([O-])OC(CC(O)COS(=O)(=O)[O-])[C@@H](CO)NS(=O)(=O)[O-]. The number of rotatable bonds is 11. The van der Waals surface area contributed by atoms with Gasteiger partial charge in [0.05, 0.1) is 42.8 Å². The predicted octanol–water partition coefficient (Wildman–Crippen LogP) is -4.20. The lowest BCUT2D eigenvalue weighted by molar-refractivity contribution is 0.0368. The molecule has 0 aliphatic heterocycles. The summed E-state index contributed by atoms with van der Waals surface area (Å²) in [7, 11) is -10.2. The Morgan fingerprint density at radius 2 is 1.77 bits per heavy atom. The van der Waals surface area contributed by atoms with Crippen molar-refractivity contribution in [2.45, 2.75) is 24.7 Å². The van der Waals surface area contributed by atoms with E-state index in [0.717, 1.165) is 0 Å². The zero-order valence-electron chi connectivity index (χ0n) is 10.6. The van der Waals surface area contributed by atoms with Gasteiger partial charge in [-0.3, -0.25) is 8.37 Å². The summed E-state index contributed by atoms with van der Waals surface area (Å²) >= 11 is -3.21. The van der Waals surface area contributed by atoms with Gasteiger partial charge in [0.15, 0.2) is 10.3 Å². The van der Waals surface area contributed by atoms with Gasteiger partial charge in [0, 0.05) is 6.42 Å². The van der Waals surface area contributed by atoms with Gasteiger partial charge in [-0.15, -0.1) is 0 Å². The first-order valence-electron chi connectivity index (χ1n) is 5.22. The van der Waals surface area contributed by atoms with E-state index in [1.165, 1.54) is 4.72 Å². The molecule has 0 radical (unpaired) electrons. The van der Waals surface area contributed by atoms with Crippen molar-refractivity contribution in [2.24, 2.45) is 0 Å². The van der Waals surface area contributed by atoms with Crippen molar-refractivity contribution in [3.05, 3.63) is 0 Å². The molecule has 0 aliphatic rings. The van der Waals surface area contributed by atoms with Crippen LogP contribution in [0.25, 0.3) is 0 Å². The average Bonchev–Trinajstić information content (AvgIpc) is 2.30. The second kappa shape index (κ2) is 9.13. The van der Waals surface area contributed by atoms with Gasteiger partial charge in [0.25, 0.3) is 0 Å². The highest BCUT2D eigenvalue weighted by molar-refractivity contribution is 7.83. The molecular formula is C6H12NO12S3-3. The van der Waals surface area contributed by atoms with Gasteiger partial charge in [0.2, 0.25) is 10.4 Å². The molecule has 3 unspecified atom stereocenters. The first-order valence-corrected chi connectivity index (χ1v) is 8.97. The fraction of sp³-hybridized carbons (Fsp3) is 1.00. The summed E-state index contributed by atoms with van der Waals surface area (Å²) < 4.78 is 92.4. The van der Waals surface area contributed by atoms with E-state index in [1.54, 1.807) is 0 Å². The third kappa shape index (κ3) is 11.3. The monoisotopic (exact) mass is 386 g/mol. The average molecular weight is 386 g/mol. The van der Waals surface area contributed by atoms with Crippen LogP contribution in [0.1, 0.15) is 6.42 Å². The maximum atomic E-state index is 10.5. The molecule has 0 aromatic heterocycles. The molecule has 3 N–H and O–H groups in total. The minimum absolute atomic E-state index is 0.781. The third-order valence-electron chi connectivity index (χ3n) is 2.05. The lowest BCUT2D eigenvalue weighted by Crippen LogP contribution is -2.48. The van der Waals surface area contributed by atoms with E-state index in [4.69, 9.17) is 5.11 Å². The van der Waals surface area contributed by atoms with E-state index in [0.29, 0.717) is 0 Å². The van der Waals surface area contributed by atoms with Crippen LogP contribution < -0.4 is 4.72 Å². The Balaban J connectivity index is 4.91. The molecule has 13 nitrogen and oxygen atoms in total. The molecule has 0 bridgehead atoms. The summed E-state index contributed by atoms with van der Waals surface area (Å²) in [4.78, 5) is 0. The minimum atomic E-state index is -5.12. The molecule has 134 valence electrons. The maximum Gasteiger partial charge on any atom is 0.217 e. The molecule has 0 amide bonds.